The Labute approximate surface area is 122 Å². The highest BCUT2D eigenvalue weighted by molar-refractivity contribution is 6.21. The second kappa shape index (κ2) is 5.05. The van der Waals surface area contributed by atoms with E-state index in [2.05, 4.69) is 5.10 Å². The number of imide groups is 1. The number of aromatic nitrogens is 2. The van der Waals surface area contributed by atoms with Crippen molar-refractivity contribution in [3.63, 3.8) is 0 Å². The molecule has 2 N–H and O–H groups in total. The summed E-state index contributed by atoms with van der Waals surface area (Å²) in [5, 5.41) is 4.07. The number of aryl methyl sites for hydroxylation is 2. The molecule has 21 heavy (non-hydrogen) atoms. The van der Waals surface area contributed by atoms with E-state index in [0.29, 0.717) is 36.3 Å². The van der Waals surface area contributed by atoms with Gasteiger partial charge in [0, 0.05) is 19.2 Å². The van der Waals surface area contributed by atoms with Crippen molar-refractivity contribution in [1.29, 1.82) is 0 Å². The maximum absolute atomic E-state index is 12.2. The molecular formula is C15H16N4O2. The Balaban J connectivity index is 1.66. The van der Waals surface area contributed by atoms with E-state index in [-0.39, 0.29) is 11.8 Å². The van der Waals surface area contributed by atoms with Crippen LogP contribution in [0.25, 0.3) is 0 Å². The molecule has 1 aromatic carbocycles. The quantitative estimate of drug-likeness (QED) is 0.856. The first-order valence-electron chi connectivity index (χ1n) is 6.81. The molecule has 1 aliphatic rings. The zero-order chi connectivity index (χ0) is 15.0. The molecule has 2 aromatic rings. The lowest BCUT2D eigenvalue weighted by molar-refractivity contribution is 0.0652. The van der Waals surface area contributed by atoms with Gasteiger partial charge in [-0.1, -0.05) is 12.1 Å². The summed E-state index contributed by atoms with van der Waals surface area (Å²) in [6, 6.07) is 6.91. The monoisotopic (exact) mass is 284 g/mol. The van der Waals surface area contributed by atoms with Gasteiger partial charge in [0.05, 0.1) is 17.3 Å². The van der Waals surface area contributed by atoms with Crippen molar-refractivity contribution in [1.82, 2.24) is 14.7 Å². The fraction of sp³-hybridized carbons (Fsp3) is 0.267. The number of fused-ring (bicyclic) bond motifs is 1. The largest absolute Gasteiger partial charge is 0.384 e. The van der Waals surface area contributed by atoms with Crippen LogP contribution < -0.4 is 5.73 Å². The van der Waals surface area contributed by atoms with Crippen molar-refractivity contribution in [3.8, 4) is 0 Å². The van der Waals surface area contributed by atoms with Gasteiger partial charge in [-0.15, -0.1) is 0 Å². The van der Waals surface area contributed by atoms with Crippen LogP contribution in [0.5, 0.6) is 0 Å². The summed E-state index contributed by atoms with van der Waals surface area (Å²) in [6.07, 6.45) is 3.08. The van der Waals surface area contributed by atoms with Gasteiger partial charge < -0.3 is 5.73 Å². The average Bonchev–Trinajstić information content (AvgIpc) is 2.93. The Hall–Kier alpha value is -2.63. The second-order valence-electron chi connectivity index (χ2n) is 5.09. The number of carbonyl (C=O) groups excluding carboxylic acids is 2. The lowest BCUT2D eigenvalue weighted by Gasteiger charge is -2.13. The van der Waals surface area contributed by atoms with Gasteiger partial charge in [-0.2, -0.15) is 5.10 Å². The van der Waals surface area contributed by atoms with E-state index in [0.717, 1.165) is 5.56 Å². The first kappa shape index (κ1) is 13.4. The van der Waals surface area contributed by atoms with E-state index in [1.165, 1.54) is 4.90 Å². The van der Waals surface area contributed by atoms with Gasteiger partial charge in [0.15, 0.2) is 0 Å². The van der Waals surface area contributed by atoms with Crippen LogP contribution in [0.3, 0.4) is 0 Å². The maximum Gasteiger partial charge on any atom is 0.261 e. The van der Waals surface area contributed by atoms with Crippen molar-refractivity contribution >= 4 is 17.6 Å². The highest BCUT2D eigenvalue weighted by Gasteiger charge is 2.34. The Kier molecular flexibility index (Phi) is 3.21. The highest BCUT2D eigenvalue weighted by Crippen LogP contribution is 2.23. The number of anilines is 1. The zero-order valence-corrected chi connectivity index (χ0v) is 11.7. The van der Waals surface area contributed by atoms with Crippen LogP contribution in [0.1, 0.15) is 32.7 Å². The third-order valence-corrected chi connectivity index (χ3v) is 3.77. The average molecular weight is 284 g/mol. The number of nitrogen functional groups attached to an aromatic ring is 1. The number of nitrogens with two attached hydrogens (primary N) is 1. The van der Waals surface area contributed by atoms with Crippen LogP contribution in [0.15, 0.2) is 30.5 Å². The molecule has 0 spiro atoms. The predicted molar refractivity (Wildman–Crippen MR) is 77.8 cm³/mol. The molecule has 0 saturated heterocycles. The van der Waals surface area contributed by atoms with E-state index in [9.17, 15) is 9.59 Å². The van der Waals surface area contributed by atoms with E-state index in [4.69, 9.17) is 5.73 Å². The molecule has 6 nitrogen and oxygen atoms in total. The molecule has 0 unspecified atom stereocenters. The molecule has 1 aliphatic heterocycles. The number of carbonyl (C=O) groups is 2. The number of benzene rings is 1. The van der Waals surface area contributed by atoms with Crippen molar-refractivity contribution in [2.45, 2.75) is 12.8 Å². The van der Waals surface area contributed by atoms with Crippen LogP contribution in [0, 0.1) is 0 Å². The van der Waals surface area contributed by atoms with Crippen molar-refractivity contribution in [2.75, 3.05) is 12.3 Å². The van der Waals surface area contributed by atoms with E-state index in [1.807, 2.05) is 0 Å². The summed E-state index contributed by atoms with van der Waals surface area (Å²) >= 11 is 0. The van der Waals surface area contributed by atoms with Gasteiger partial charge in [0.1, 0.15) is 5.82 Å². The molecule has 108 valence electrons. The van der Waals surface area contributed by atoms with Gasteiger partial charge in [-0.05, 0) is 25.0 Å². The third kappa shape index (κ3) is 2.18. The van der Waals surface area contributed by atoms with Gasteiger partial charge in [0.25, 0.3) is 11.8 Å². The van der Waals surface area contributed by atoms with Gasteiger partial charge in [-0.3, -0.25) is 19.2 Å². The molecule has 0 aliphatic carbocycles. The number of amides is 2. The van der Waals surface area contributed by atoms with Gasteiger partial charge in [0.2, 0.25) is 0 Å². The summed E-state index contributed by atoms with van der Waals surface area (Å²) in [5.41, 5.74) is 7.79. The van der Waals surface area contributed by atoms with Crippen LogP contribution in [0.4, 0.5) is 5.82 Å². The minimum absolute atomic E-state index is 0.213. The third-order valence-electron chi connectivity index (χ3n) is 3.77. The predicted octanol–water partition coefficient (Wildman–Crippen LogP) is 1.23. The van der Waals surface area contributed by atoms with Crippen LogP contribution in [0.2, 0.25) is 0 Å². The molecule has 0 saturated carbocycles. The van der Waals surface area contributed by atoms with Crippen molar-refractivity contribution in [2.24, 2.45) is 7.05 Å². The fourth-order valence-corrected chi connectivity index (χ4v) is 2.55. The number of nitrogens with zero attached hydrogens (tertiary/aromatic N) is 3. The topological polar surface area (TPSA) is 81.2 Å². The standard InChI is InChI=1S/C15H16N4O2/c1-18-13(16)10(9-17-18)5-4-8-19-14(20)11-6-2-3-7-12(11)15(19)21/h2-3,6-7,9H,4-5,8,16H2,1H3. The normalized spacial score (nSPS) is 13.9. The summed E-state index contributed by atoms with van der Waals surface area (Å²) in [4.78, 5) is 25.7. The Morgan fingerprint density at radius 3 is 2.29 bits per heavy atom. The SMILES string of the molecule is Cn1ncc(CCCN2C(=O)c3ccccc3C2=O)c1N. The molecule has 0 radical (unpaired) electrons. The summed E-state index contributed by atoms with van der Waals surface area (Å²) < 4.78 is 1.61. The lowest BCUT2D eigenvalue weighted by atomic mass is 10.1. The molecule has 2 heterocycles. The fourth-order valence-electron chi connectivity index (χ4n) is 2.55. The number of hydrogen-bond acceptors (Lipinski definition) is 4. The van der Waals surface area contributed by atoms with E-state index in [1.54, 1.807) is 42.2 Å². The first-order chi connectivity index (χ1) is 10.1. The summed E-state index contributed by atoms with van der Waals surface area (Å²) in [6.45, 7) is 0.390. The molecule has 0 bridgehead atoms. The minimum atomic E-state index is -0.213. The van der Waals surface area contributed by atoms with Crippen molar-refractivity contribution in [3.05, 3.63) is 47.2 Å². The maximum atomic E-state index is 12.2. The van der Waals surface area contributed by atoms with E-state index < -0.39 is 0 Å². The van der Waals surface area contributed by atoms with Gasteiger partial charge in [-0.25, -0.2) is 0 Å². The molecule has 1 aromatic heterocycles. The van der Waals surface area contributed by atoms with Crippen LogP contribution in [-0.2, 0) is 13.5 Å². The minimum Gasteiger partial charge on any atom is -0.384 e. The molecule has 0 atom stereocenters. The Bertz CT molecular complexity index is 685. The Morgan fingerprint density at radius 1 is 1.14 bits per heavy atom. The first-order valence-corrected chi connectivity index (χ1v) is 6.81. The molecule has 3 rings (SSSR count). The van der Waals surface area contributed by atoms with Crippen LogP contribution in [-0.4, -0.2) is 33.0 Å². The molecule has 2 amide bonds. The smallest absolute Gasteiger partial charge is 0.261 e. The molecule has 6 heteroatoms. The zero-order valence-electron chi connectivity index (χ0n) is 11.7. The second-order valence-corrected chi connectivity index (χ2v) is 5.09. The van der Waals surface area contributed by atoms with Crippen molar-refractivity contribution < 1.29 is 9.59 Å². The van der Waals surface area contributed by atoms with Gasteiger partial charge >= 0.3 is 0 Å². The Morgan fingerprint density at radius 2 is 1.76 bits per heavy atom. The molecule has 0 fully saturated rings. The number of rotatable bonds is 4. The lowest BCUT2D eigenvalue weighted by Crippen LogP contribution is -2.31. The van der Waals surface area contributed by atoms with Crippen LogP contribution >= 0.6 is 0 Å². The number of hydrogen-bond donors (Lipinski definition) is 1. The van der Waals surface area contributed by atoms with E-state index >= 15 is 0 Å². The molecular weight excluding hydrogens is 268 g/mol. The highest BCUT2D eigenvalue weighted by atomic mass is 16.2. The summed E-state index contributed by atoms with van der Waals surface area (Å²) in [7, 11) is 1.78. The summed E-state index contributed by atoms with van der Waals surface area (Å²) in [5.74, 6) is 0.196.